The van der Waals surface area contributed by atoms with Gasteiger partial charge in [-0.1, -0.05) is 48.0 Å². The average molecular weight is 457 g/mol. The van der Waals surface area contributed by atoms with Crippen LogP contribution in [0.25, 0.3) is 0 Å². The monoisotopic (exact) mass is 456 g/mol. The molecule has 3 aromatic rings. The molecule has 0 amide bonds. The van der Waals surface area contributed by atoms with E-state index in [4.69, 9.17) is 16.3 Å². The Morgan fingerprint density at radius 1 is 0.906 bits per heavy atom. The lowest BCUT2D eigenvalue weighted by atomic mass is 10.0. The minimum Gasteiger partial charge on any atom is -0.486 e. The second kappa shape index (κ2) is 10.3. The van der Waals surface area contributed by atoms with Crippen LogP contribution in [0, 0.1) is 18.6 Å². The largest absolute Gasteiger partial charge is 0.486 e. The predicted molar refractivity (Wildman–Crippen MR) is 126 cm³/mol. The normalized spacial score (nSPS) is 15.6. The molecule has 1 saturated heterocycles. The average Bonchev–Trinajstić information content (AvgIpc) is 2.80. The molecule has 4 rings (SSSR count). The topological polar surface area (TPSA) is 15.7 Å². The third-order valence-corrected chi connectivity index (χ3v) is 6.30. The summed E-state index contributed by atoms with van der Waals surface area (Å²) >= 11 is 6.36. The third kappa shape index (κ3) is 5.40. The summed E-state index contributed by atoms with van der Waals surface area (Å²) in [4.78, 5) is 4.72. The van der Waals surface area contributed by atoms with Gasteiger partial charge in [0.05, 0.1) is 10.7 Å². The van der Waals surface area contributed by atoms with Crippen molar-refractivity contribution in [2.24, 2.45) is 0 Å². The van der Waals surface area contributed by atoms with E-state index in [1.807, 2.05) is 49.4 Å². The molecule has 6 heteroatoms. The number of anilines is 1. The van der Waals surface area contributed by atoms with Gasteiger partial charge in [0.15, 0.2) is 11.6 Å². The number of halogens is 3. The summed E-state index contributed by atoms with van der Waals surface area (Å²) in [5, 5.41) is 0.778. The molecule has 0 aliphatic carbocycles. The smallest absolute Gasteiger partial charge is 0.162 e. The second-order valence-corrected chi connectivity index (χ2v) is 8.51. The van der Waals surface area contributed by atoms with Gasteiger partial charge in [0.1, 0.15) is 11.9 Å². The molecule has 1 aliphatic rings. The molecule has 0 radical (unpaired) electrons. The first-order valence-electron chi connectivity index (χ1n) is 10.9. The molecule has 1 unspecified atom stereocenters. The van der Waals surface area contributed by atoms with Crippen LogP contribution in [0.15, 0.2) is 66.7 Å². The van der Waals surface area contributed by atoms with Crippen LogP contribution in [0.3, 0.4) is 0 Å². The van der Waals surface area contributed by atoms with Crippen LogP contribution in [-0.4, -0.2) is 37.6 Å². The second-order valence-electron chi connectivity index (χ2n) is 8.11. The van der Waals surface area contributed by atoms with Crippen molar-refractivity contribution in [3.8, 4) is 5.75 Å². The molecule has 32 heavy (non-hydrogen) atoms. The highest BCUT2D eigenvalue weighted by atomic mass is 35.5. The number of hydrogen-bond acceptors (Lipinski definition) is 3. The Morgan fingerprint density at radius 3 is 2.34 bits per heavy atom. The molecule has 0 N–H and O–H groups in total. The van der Waals surface area contributed by atoms with E-state index >= 15 is 0 Å². The van der Waals surface area contributed by atoms with Crippen molar-refractivity contribution in [1.82, 2.24) is 4.90 Å². The van der Waals surface area contributed by atoms with E-state index in [9.17, 15) is 8.78 Å². The van der Waals surface area contributed by atoms with Gasteiger partial charge in [0.2, 0.25) is 0 Å². The minimum absolute atomic E-state index is 0.248. The van der Waals surface area contributed by atoms with Gasteiger partial charge in [-0.15, -0.1) is 0 Å². The molecule has 1 fully saturated rings. The number of ether oxygens (including phenoxy) is 1. The zero-order valence-corrected chi connectivity index (χ0v) is 18.9. The van der Waals surface area contributed by atoms with Gasteiger partial charge in [-0.05, 0) is 42.3 Å². The first kappa shape index (κ1) is 22.6. The zero-order chi connectivity index (χ0) is 22.5. The summed E-state index contributed by atoms with van der Waals surface area (Å²) in [5.74, 6) is -1.44. The van der Waals surface area contributed by atoms with Gasteiger partial charge in [-0.25, -0.2) is 8.78 Å². The Hall–Kier alpha value is -2.63. The van der Waals surface area contributed by atoms with Crippen molar-refractivity contribution < 1.29 is 13.5 Å². The minimum atomic E-state index is -0.901. The van der Waals surface area contributed by atoms with Crippen molar-refractivity contribution in [1.29, 1.82) is 0 Å². The number of rotatable bonds is 7. The Kier molecular flexibility index (Phi) is 7.28. The Balaban J connectivity index is 1.41. The summed E-state index contributed by atoms with van der Waals surface area (Å²) in [6.07, 6.45) is 0.498. The highest BCUT2D eigenvalue weighted by molar-refractivity contribution is 6.33. The van der Waals surface area contributed by atoms with Gasteiger partial charge in [-0.3, -0.25) is 4.90 Å². The lowest BCUT2D eigenvalue weighted by Gasteiger charge is -2.37. The number of piperazine rings is 1. The van der Waals surface area contributed by atoms with Crippen molar-refractivity contribution in [2.45, 2.75) is 19.4 Å². The van der Waals surface area contributed by atoms with E-state index in [0.29, 0.717) is 5.75 Å². The third-order valence-electron chi connectivity index (χ3n) is 5.98. The molecule has 0 saturated carbocycles. The number of aryl methyl sites for hydroxylation is 1. The fraction of sp³-hybridized carbons (Fsp3) is 0.308. The van der Waals surface area contributed by atoms with Crippen LogP contribution in [0.5, 0.6) is 5.75 Å². The Bertz CT molecular complexity index is 1050. The fourth-order valence-corrected chi connectivity index (χ4v) is 4.42. The maximum absolute atomic E-state index is 13.7. The van der Waals surface area contributed by atoms with E-state index in [2.05, 4.69) is 15.9 Å². The van der Waals surface area contributed by atoms with Crippen LogP contribution in [-0.2, 0) is 0 Å². The molecule has 0 bridgehead atoms. The molecule has 168 valence electrons. The molecule has 1 heterocycles. The Morgan fingerprint density at radius 2 is 1.62 bits per heavy atom. The molecule has 1 atom stereocenters. The van der Waals surface area contributed by atoms with Crippen molar-refractivity contribution in [3.05, 3.63) is 94.5 Å². The quantitative estimate of drug-likeness (QED) is 0.417. The number of benzene rings is 3. The molecular weight excluding hydrogens is 430 g/mol. The van der Waals surface area contributed by atoms with Gasteiger partial charge >= 0.3 is 0 Å². The van der Waals surface area contributed by atoms with Gasteiger partial charge in [-0.2, -0.15) is 0 Å². The van der Waals surface area contributed by atoms with Gasteiger partial charge in [0.25, 0.3) is 0 Å². The van der Waals surface area contributed by atoms with Crippen LogP contribution in [0.1, 0.15) is 23.7 Å². The molecule has 0 spiro atoms. The van der Waals surface area contributed by atoms with Gasteiger partial charge < -0.3 is 9.64 Å². The van der Waals surface area contributed by atoms with Crippen LogP contribution in [0.4, 0.5) is 14.5 Å². The lowest BCUT2D eigenvalue weighted by Crippen LogP contribution is -2.47. The predicted octanol–water partition coefficient (Wildman–Crippen LogP) is 6.26. The molecule has 0 aromatic heterocycles. The summed E-state index contributed by atoms with van der Waals surface area (Å²) in [7, 11) is 0. The summed E-state index contributed by atoms with van der Waals surface area (Å²) in [5.41, 5.74) is 3.25. The van der Waals surface area contributed by atoms with E-state index in [1.54, 1.807) is 0 Å². The highest BCUT2D eigenvalue weighted by Crippen LogP contribution is 2.29. The van der Waals surface area contributed by atoms with Crippen molar-refractivity contribution in [2.75, 3.05) is 37.6 Å². The summed E-state index contributed by atoms with van der Waals surface area (Å²) < 4.78 is 33.2. The van der Waals surface area contributed by atoms with E-state index in [-0.39, 0.29) is 6.10 Å². The lowest BCUT2D eigenvalue weighted by molar-refractivity contribution is 0.159. The van der Waals surface area contributed by atoms with Crippen molar-refractivity contribution in [3.63, 3.8) is 0 Å². The SMILES string of the molecule is Cc1ccccc1C(CCN1CCN(c2ccccc2Cl)CC1)Oc1ccc(F)c(F)c1. The number of nitrogens with zero attached hydrogens (tertiary/aromatic N) is 2. The number of para-hydroxylation sites is 1. The highest BCUT2D eigenvalue weighted by Gasteiger charge is 2.22. The van der Waals surface area contributed by atoms with Crippen molar-refractivity contribution >= 4 is 17.3 Å². The Labute approximate surface area is 193 Å². The van der Waals surface area contributed by atoms with Crippen LogP contribution in [0.2, 0.25) is 5.02 Å². The molecule has 3 nitrogen and oxygen atoms in total. The van der Waals surface area contributed by atoms with E-state index < -0.39 is 11.6 Å². The maximum Gasteiger partial charge on any atom is 0.162 e. The van der Waals surface area contributed by atoms with Crippen LogP contribution >= 0.6 is 11.6 Å². The molecule has 3 aromatic carbocycles. The van der Waals surface area contributed by atoms with Gasteiger partial charge in [0, 0.05) is 45.2 Å². The first-order valence-corrected chi connectivity index (χ1v) is 11.3. The zero-order valence-electron chi connectivity index (χ0n) is 18.1. The fourth-order valence-electron chi connectivity index (χ4n) is 4.16. The molecular formula is C26H27ClF2N2O. The summed E-state index contributed by atoms with van der Waals surface area (Å²) in [6.45, 7) is 6.55. The number of hydrogen-bond donors (Lipinski definition) is 0. The van der Waals surface area contributed by atoms with E-state index in [1.165, 1.54) is 6.07 Å². The maximum atomic E-state index is 13.7. The first-order chi connectivity index (χ1) is 15.5. The standard InChI is InChI=1S/C26H27ClF2N2O/c1-19-6-2-3-7-21(19)26(32-20-10-11-23(28)24(29)18-20)12-13-30-14-16-31(17-15-30)25-9-5-4-8-22(25)27/h2-11,18,26H,12-17H2,1H3. The van der Waals surface area contributed by atoms with Crippen LogP contribution < -0.4 is 9.64 Å². The molecule has 1 aliphatic heterocycles. The van der Waals surface area contributed by atoms with E-state index in [0.717, 1.165) is 73.1 Å². The summed E-state index contributed by atoms with van der Waals surface area (Å²) in [6, 6.07) is 19.7.